The second-order valence-corrected chi connectivity index (χ2v) is 9.22. The summed E-state index contributed by atoms with van der Waals surface area (Å²) in [6.45, 7) is 0. The van der Waals surface area contributed by atoms with E-state index in [1.165, 1.54) is 64.2 Å². The van der Waals surface area contributed by atoms with Crippen LogP contribution >= 0.6 is 0 Å². The summed E-state index contributed by atoms with van der Waals surface area (Å²) in [6, 6.07) is 13.1. The Balaban J connectivity index is 1.51. The van der Waals surface area contributed by atoms with Crippen molar-refractivity contribution in [2.75, 3.05) is 0 Å². The lowest BCUT2D eigenvalue weighted by Gasteiger charge is -2.42. The number of benzene rings is 2. The van der Waals surface area contributed by atoms with Crippen LogP contribution in [0.25, 0.3) is 10.8 Å². The highest BCUT2D eigenvalue weighted by molar-refractivity contribution is 5.87. The van der Waals surface area contributed by atoms with E-state index in [-0.39, 0.29) is 12.3 Å². The van der Waals surface area contributed by atoms with Crippen molar-refractivity contribution in [3.63, 3.8) is 0 Å². The number of nitrogens with zero attached hydrogens (tertiary/aromatic N) is 1. The van der Waals surface area contributed by atoms with Crippen molar-refractivity contribution in [1.82, 2.24) is 4.90 Å². The predicted molar refractivity (Wildman–Crippen MR) is 121 cm³/mol. The molecule has 2 aliphatic rings. The molecule has 0 heterocycles. The Kier molecular flexibility index (Phi) is 6.71. The van der Waals surface area contributed by atoms with Crippen LogP contribution in [0.2, 0.25) is 0 Å². The molecule has 0 unspecified atom stereocenters. The highest BCUT2D eigenvalue weighted by Gasteiger charge is 2.32. The molecule has 2 N–H and O–H groups in total. The number of nitrogens with two attached hydrogens (primary N) is 1. The lowest BCUT2D eigenvalue weighted by atomic mass is 9.88. The highest BCUT2D eigenvalue weighted by Crippen LogP contribution is 2.31. The fourth-order valence-corrected chi connectivity index (χ4v) is 5.46. The van der Waals surface area contributed by atoms with Crippen molar-refractivity contribution < 1.29 is 9.59 Å². The maximum atomic E-state index is 13.5. The molecule has 0 spiro atoms. The SMILES string of the molecule is NC(=O)Cc1ccc2cc(CC(=O)N(C3CCCCC3)C3CCCCC3)ccc2c1. The summed E-state index contributed by atoms with van der Waals surface area (Å²) >= 11 is 0. The minimum absolute atomic E-state index is 0.258. The summed E-state index contributed by atoms with van der Waals surface area (Å²) in [6.07, 6.45) is 13.1. The van der Waals surface area contributed by atoms with E-state index < -0.39 is 0 Å². The molecule has 0 aromatic heterocycles. The summed E-state index contributed by atoms with van der Waals surface area (Å²) in [4.78, 5) is 27.0. The number of fused-ring (bicyclic) bond motifs is 1. The molecule has 2 saturated carbocycles. The van der Waals surface area contributed by atoms with E-state index in [4.69, 9.17) is 5.73 Å². The second-order valence-electron chi connectivity index (χ2n) is 9.22. The molecule has 30 heavy (non-hydrogen) atoms. The van der Waals surface area contributed by atoms with Crippen LogP contribution in [0.3, 0.4) is 0 Å². The molecule has 2 aromatic carbocycles. The van der Waals surface area contributed by atoms with Gasteiger partial charge in [0.2, 0.25) is 11.8 Å². The van der Waals surface area contributed by atoms with Gasteiger partial charge in [-0.05, 0) is 47.6 Å². The number of rotatable bonds is 6. The average Bonchev–Trinajstić information content (AvgIpc) is 2.75. The van der Waals surface area contributed by atoms with Gasteiger partial charge in [-0.25, -0.2) is 0 Å². The molecular formula is C26H34N2O2. The number of hydrogen-bond acceptors (Lipinski definition) is 2. The third-order valence-corrected chi connectivity index (χ3v) is 6.93. The number of carbonyl (C=O) groups is 2. The van der Waals surface area contributed by atoms with Gasteiger partial charge in [-0.2, -0.15) is 0 Å². The van der Waals surface area contributed by atoms with Gasteiger partial charge in [-0.3, -0.25) is 9.59 Å². The number of primary amides is 1. The van der Waals surface area contributed by atoms with Gasteiger partial charge in [0.25, 0.3) is 0 Å². The molecule has 0 radical (unpaired) electrons. The van der Waals surface area contributed by atoms with E-state index in [1.807, 2.05) is 18.2 Å². The lowest BCUT2D eigenvalue weighted by molar-refractivity contribution is -0.137. The van der Waals surface area contributed by atoms with Crippen molar-refractivity contribution in [3.8, 4) is 0 Å². The van der Waals surface area contributed by atoms with E-state index in [0.29, 0.717) is 24.4 Å². The summed E-state index contributed by atoms with van der Waals surface area (Å²) in [7, 11) is 0. The molecule has 0 atom stereocenters. The molecular weight excluding hydrogens is 372 g/mol. The molecule has 2 fully saturated rings. The summed E-state index contributed by atoms with van der Waals surface area (Å²) < 4.78 is 0. The molecule has 0 bridgehead atoms. The van der Waals surface area contributed by atoms with Gasteiger partial charge < -0.3 is 10.6 Å². The monoisotopic (exact) mass is 406 g/mol. The lowest BCUT2D eigenvalue weighted by Crippen LogP contribution is -2.49. The van der Waals surface area contributed by atoms with Gasteiger partial charge in [-0.15, -0.1) is 0 Å². The van der Waals surface area contributed by atoms with Crippen molar-refractivity contribution >= 4 is 22.6 Å². The Morgan fingerprint density at radius 1 is 0.733 bits per heavy atom. The smallest absolute Gasteiger partial charge is 0.227 e. The first-order chi connectivity index (χ1) is 14.6. The van der Waals surface area contributed by atoms with Gasteiger partial charge in [0.1, 0.15) is 0 Å². The Morgan fingerprint density at radius 3 is 1.67 bits per heavy atom. The van der Waals surface area contributed by atoms with Crippen LogP contribution in [0.1, 0.15) is 75.3 Å². The zero-order valence-electron chi connectivity index (χ0n) is 17.9. The van der Waals surface area contributed by atoms with Gasteiger partial charge in [0.05, 0.1) is 12.8 Å². The number of hydrogen-bond donors (Lipinski definition) is 1. The number of amides is 2. The maximum absolute atomic E-state index is 13.5. The zero-order valence-corrected chi connectivity index (χ0v) is 17.9. The maximum Gasteiger partial charge on any atom is 0.227 e. The standard InChI is InChI=1S/C26H34N2O2/c27-25(29)17-19-11-13-22-16-20(12-14-21(22)15-19)18-26(30)28(23-7-3-1-4-8-23)24-9-5-2-6-10-24/h11-16,23-24H,1-10,17-18H2,(H2,27,29). The third-order valence-electron chi connectivity index (χ3n) is 6.93. The van der Waals surface area contributed by atoms with Gasteiger partial charge in [0, 0.05) is 12.1 Å². The van der Waals surface area contributed by atoms with Crippen molar-refractivity contribution in [2.24, 2.45) is 5.73 Å². The van der Waals surface area contributed by atoms with Crippen molar-refractivity contribution in [3.05, 3.63) is 47.5 Å². The minimum Gasteiger partial charge on any atom is -0.369 e. The fourth-order valence-electron chi connectivity index (χ4n) is 5.46. The molecule has 0 aliphatic heterocycles. The molecule has 4 nitrogen and oxygen atoms in total. The first kappa shape index (κ1) is 20.9. The minimum atomic E-state index is -0.318. The first-order valence-corrected chi connectivity index (χ1v) is 11.7. The van der Waals surface area contributed by atoms with Crippen molar-refractivity contribution in [2.45, 2.75) is 89.1 Å². The van der Waals surface area contributed by atoms with E-state index in [0.717, 1.165) is 21.9 Å². The van der Waals surface area contributed by atoms with Gasteiger partial charge in [0.15, 0.2) is 0 Å². The normalized spacial score (nSPS) is 18.4. The zero-order chi connectivity index (χ0) is 20.9. The third kappa shape index (κ3) is 5.03. The van der Waals surface area contributed by atoms with Gasteiger partial charge >= 0.3 is 0 Å². The molecule has 2 aromatic rings. The predicted octanol–water partition coefficient (Wildman–Crippen LogP) is 4.90. The van der Waals surface area contributed by atoms with Crippen LogP contribution in [0.5, 0.6) is 0 Å². The van der Waals surface area contributed by atoms with Crippen LogP contribution in [-0.4, -0.2) is 28.8 Å². The molecule has 2 aliphatic carbocycles. The Labute approximate surface area is 179 Å². The summed E-state index contributed by atoms with van der Waals surface area (Å²) in [5.74, 6) is -0.0133. The molecule has 160 valence electrons. The first-order valence-electron chi connectivity index (χ1n) is 11.7. The van der Waals surface area contributed by atoms with Crippen LogP contribution in [0.4, 0.5) is 0 Å². The van der Waals surface area contributed by atoms with E-state index in [2.05, 4.69) is 23.1 Å². The Hall–Kier alpha value is -2.36. The van der Waals surface area contributed by atoms with E-state index in [9.17, 15) is 9.59 Å². The van der Waals surface area contributed by atoms with E-state index in [1.54, 1.807) is 0 Å². The molecule has 4 rings (SSSR count). The van der Waals surface area contributed by atoms with E-state index >= 15 is 0 Å². The fraction of sp³-hybridized carbons (Fsp3) is 0.538. The van der Waals surface area contributed by atoms with Crippen LogP contribution in [-0.2, 0) is 22.4 Å². The van der Waals surface area contributed by atoms with Crippen molar-refractivity contribution in [1.29, 1.82) is 0 Å². The summed E-state index contributed by atoms with van der Waals surface area (Å²) in [5.41, 5.74) is 7.32. The molecule has 2 amide bonds. The average molecular weight is 407 g/mol. The van der Waals surface area contributed by atoms with Crippen LogP contribution < -0.4 is 5.73 Å². The summed E-state index contributed by atoms with van der Waals surface area (Å²) in [5, 5.41) is 2.19. The second kappa shape index (κ2) is 9.63. The van der Waals surface area contributed by atoms with Crippen LogP contribution in [0, 0.1) is 0 Å². The molecule has 0 saturated heterocycles. The number of carbonyl (C=O) groups excluding carboxylic acids is 2. The molecule has 4 heteroatoms. The quantitative estimate of drug-likeness (QED) is 0.741. The topological polar surface area (TPSA) is 63.4 Å². The Morgan fingerprint density at radius 2 is 1.20 bits per heavy atom. The highest BCUT2D eigenvalue weighted by atomic mass is 16.2. The van der Waals surface area contributed by atoms with Crippen LogP contribution in [0.15, 0.2) is 36.4 Å². The van der Waals surface area contributed by atoms with Gasteiger partial charge in [-0.1, -0.05) is 74.9 Å². The Bertz CT molecular complexity index is 877. The largest absolute Gasteiger partial charge is 0.369 e.